The fourth-order valence-electron chi connectivity index (χ4n) is 2.70. The molecule has 1 aliphatic rings. The second kappa shape index (κ2) is 7.16. The summed E-state index contributed by atoms with van der Waals surface area (Å²) in [7, 11) is -3.36. The van der Waals surface area contributed by atoms with Crippen molar-refractivity contribution < 1.29 is 22.7 Å². The molecule has 1 amide bonds. The van der Waals surface area contributed by atoms with E-state index in [9.17, 15) is 13.2 Å². The Morgan fingerprint density at radius 1 is 1.15 bits per heavy atom. The highest BCUT2D eigenvalue weighted by Gasteiger charge is 2.18. The molecular weight excluding hydrogens is 388 g/mol. The molecule has 2 heterocycles. The van der Waals surface area contributed by atoms with Crippen molar-refractivity contribution in [3.05, 3.63) is 48.0 Å². The SMILES string of the molecule is O=C(CCS(=O)(=O)Cc1ccccc1)Nc1nc2cc3c(cc2s1)OCO3. The lowest BCUT2D eigenvalue weighted by Crippen LogP contribution is -2.18. The predicted molar refractivity (Wildman–Crippen MR) is 103 cm³/mol. The first-order chi connectivity index (χ1) is 13.0. The molecule has 0 saturated carbocycles. The van der Waals surface area contributed by atoms with E-state index in [-0.39, 0.29) is 30.6 Å². The number of amides is 1. The van der Waals surface area contributed by atoms with Crippen LogP contribution in [0.4, 0.5) is 5.13 Å². The van der Waals surface area contributed by atoms with Crippen molar-refractivity contribution in [3.8, 4) is 11.5 Å². The number of benzene rings is 2. The minimum absolute atomic E-state index is 0.0756. The maximum absolute atomic E-state index is 12.2. The van der Waals surface area contributed by atoms with Crippen molar-refractivity contribution in [2.75, 3.05) is 17.9 Å². The van der Waals surface area contributed by atoms with Crippen LogP contribution in [0.2, 0.25) is 0 Å². The summed E-state index contributed by atoms with van der Waals surface area (Å²) in [6, 6.07) is 12.5. The minimum atomic E-state index is -3.36. The van der Waals surface area contributed by atoms with Gasteiger partial charge in [-0.15, -0.1) is 0 Å². The van der Waals surface area contributed by atoms with Gasteiger partial charge in [-0.25, -0.2) is 13.4 Å². The molecule has 9 heteroatoms. The number of ether oxygens (including phenoxy) is 2. The highest BCUT2D eigenvalue weighted by Crippen LogP contribution is 2.38. The smallest absolute Gasteiger partial charge is 0.231 e. The van der Waals surface area contributed by atoms with Crippen LogP contribution in [-0.2, 0) is 20.4 Å². The third-order valence-corrected chi connectivity index (χ3v) is 6.53. The van der Waals surface area contributed by atoms with E-state index in [0.29, 0.717) is 27.7 Å². The van der Waals surface area contributed by atoms with Crippen LogP contribution < -0.4 is 14.8 Å². The summed E-state index contributed by atoms with van der Waals surface area (Å²) in [5.41, 5.74) is 1.40. The molecule has 0 fully saturated rings. The largest absolute Gasteiger partial charge is 0.454 e. The van der Waals surface area contributed by atoms with E-state index in [4.69, 9.17) is 9.47 Å². The Balaban J connectivity index is 1.37. The quantitative estimate of drug-likeness (QED) is 0.679. The number of anilines is 1. The molecule has 4 rings (SSSR count). The van der Waals surface area contributed by atoms with Crippen LogP contribution in [0.15, 0.2) is 42.5 Å². The van der Waals surface area contributed by atoms with Crippen molar-refractivity contribution >= 4 is 42.4 Å². The van der Waals surface area contributed by atoms with Crippen molar-refractivity contribution in [3.63, 3.8) is 0 Å². The van der Waals surface area contributed by atoms with Gasteiger partial charge < -0.3 is 14.8 Å². The summed E-state index contributed by atoms with van der Waals surface area (Å²) in [4.78, 5) is 16.5. The van der Waals surface area contributed by atoms with Crippen LogP contribution in [0, 0.1) is 0 Å². The molecule has 0 unspecified atom stereocenters. The molecule has 0 bridgehead atoms. The normalized spacial score (nSPS) is 13.0. The molecule has 0 spiro atoms. The zero-order valence-corrected chi connectivity index (χ0v) is 15.8. The molecule has 0 saturated heterocycles. The number of carbonyl (C=O) groups is 1. The molecule has 140 valence electrons. The van der Waals surface area contributed by atoms with Gasteiger partial charge in [0.25, 0.3) is 0 Å². The molecule has 0 atom stereocenters. The van der Waals surface area contributed by atoms with Crippen LogP contribution in [0.5, 0.6) is 11.5 Å². The van der Waals surface area contributed by atoms with Crippen LogP contribution in [-0.4, -0.2) is 31.9 Å². The van der Waals surface area contributed by atoms with Gasteiger partial charge in [-0.05, 0) is 5.56 Å². The monoisotopic (exact) mass is 404 g/mol. The third-order valence-electron chi connectivity index (χ3n) is 4.00. The molecule has 27 heavy (non-hydrogen) atoms. The first-order valence-electron chi connectivity index (χ1n) is 8.23. The van der Waals surface area contributed by atoms with Gasteiger partial charge in [-0.2, -0.15) is 0 Å². The van der Waals surface area contributed by atoms with Gasteiger partial charge in [0.2, 0.25) is 12.7 Å². The first kappa shape index (κ1) is 17.7. The van der Waals surface area contributed by atoms with E-state index >= 15 is 0 Å². The van der Waals surface area contributed by atoms with Crippen molar-refractivity contribution in [1.82, 2.24) is 4.98 Å². The average molecular weight is 404 g/mol. The van der Waals surface area contributed by atoms with E-state index in [0.717, 1.165) is 4.70 Å². The lowest BCUT2D eigenvalue weighted by Gasteiger charge is -2.04. The maximum atomic E-state index is 12.2. The topological polar surface area (TPSA) is 94.6 Å². The van der Waals surface area contributed by atoms with Crippen LogP contribution >= 0.6 is 11.3 Å². The van der Waals surface area contributed by atoms with Gasteiger partial charge in [0.05, 0.1) is 21.7 Å². The van der Waals surface area contributed by atoms with Crippen LogP contribution in [0.3, 0.4) is 0 Å². The molecular formula is C18H16N2O5S2. The number of nitrogens with one attached hydrogen (secondary N) is 1. The Kier molecular flexibility index (Phi) is 4.71. The molecule has 7 nitrogen and oxygen atoms in total. The fourth-order valence-corrected chi connectivity index (χ4v) is 4.94. The minimum Gasteiger partial charge on any atom is -0.454 e. The molecule has 1 aliphatic heterocycles. The van der Waals surface area contributed by atoms with E-state index in [1.807, 2.05) is 12.1 Å². The standard InChI is InChI=1S/C18H16N2O5S2/c21-17(6-7-27(22,23)10-12-4-2-1-3-5-12)20-18-19-13-8-14-15(25-11-24-14)9-16(13)26-18/h1-5,8-9H,6-7,10-11H2,(H,19,20,21). The van der Waals surface area contributed by atoms with Gasteiger partial charge >= 0.3 is 0 Å². The number of aromatic nitrogens is 1. The Hall–Kier alpha value is -2.65. The molecule has 1 aromatic heterocycles. The molecule has 0 radical (unpaired) electrons. The van der Waals surface area contributed by atoms with Crippen molar-refractivity contribution in [2.24, 2.45) is 0 Å². The molecule has 3 aromatic rings. The van der Waals surface area contributed by atoms with Gasteiger partial charge in [0, 0.05) is 18.6 Å². The van der Waals surface area contributed by atoms with Crippen molar-refractivity contribution in [1.29, 1.82) is 0 Å². The molecule has 0 aliphatic carbocycles. The van der Waals surface area contributed by atoms with Crippen LogP contribution in [0.25, 0.3) is 10.2 Å². The number of hydrogen-bond donors (Lipinski definition) is 1. The zero-order chi connectivity index (χ0) is 18.9. The van der Waals surface area contributed by atoms with Gasteiger partial charge in [-0.3, -0.25) is 4.79 Å². The lowest BCUT2D eigenvalue weighted by atomic mass is 10.2. The number of thiazole rings is 1. The van der Waals surface area contributed by atoms with E-state index < -0.39 is 9.84 Å². The average Bonchev–Trinajstić information content (AvgIpc) is 3.23. The number of fused-ring (bicyclic) bond motifs is 2. The summed E-state index contributed by atoms with van der Waals surface area (Å²) < 4.78 is 35.9. The summed E-state index contributed by atoms with van der Waals surface area (Å²) in [5.74, 6) is 0.599. The van der Waals surface area contributed by atoms with Gasteiger partial charge in [-0.1, -0.05) is 41.7 Å². The van der Waals surface area contributed by atoms with E-state index in [1.54, 1.807) is 30.3 Å². The van der Waals surface area contributed by atoms with E-state index in [2.05, 4.69) is 10.3 Å². The predicted octanol–water partition coefficient (Wildman–Crippen LogP) is 2.97. The van der Waals surface area contributed by atoms with E-state index in [1.165, 1.54) is 11.3 Å². The highest BCUT2D eigenvalue weighted by molar-refractivity contribution is 7.90. The first-order valence-corrected chi connectivity index (χ1v) is 10.9. The number of nitrogens with zero attached hydrogens (tertiary/aromatic N) is 1. The zero-order valence-electron chi connectivity index (χ0n) is 14.2. The van der Waals surface area contributed by atoms with Gasteiger partial charge in [0.15, 0.2) is 26.5 Å². The highest BCUT2D eigenvalue weighted by atomic mass is 32.2. The fraction of sp³-hybridized carbons (Fsp3) is 0.222. The summed E-state index contributed by atoms with van der Waals surface area (Å²) in [6.07, 6.45) is -0.117. The number of carbonyl (C=O) groups excluding carboxylic acids is 1. The number of hydrogen-bond acceptors (Lipinski definition) is 7. The summed E-state index contributed by atoms with van der Waals surface area (Å²) >= 11 is 1.30. The Morgan fingerprint density at radius 3 is 2.67 bits per heavy atom. The Bertz CT molecular complexity index is 1050. The van der Waals surface area contributed by atoms with Gasteiger partial charge in [0.1, 0.15) is 0 Å². The van der Waals surface area contributed by atoms with Crippen LogP contribution in [0.1, 0.15) is 12.0 Å². The Labute approximate surface area is 159 Å². The summed E-state index contributed by atoms with van der Waals surface area (Å²) in [6.45, 7) is 0.188. The summed E-state index contributed by atoms with van der Waals surface area (Å²) in [5, 5.41) is 3.08. The van der Waals surface area contributed by atoms with Crippen molar-refractivity contribution in [2.45, 2.75) is 12.2 Å². The number of rotatable bonds is 6. The lowest BCUT2D eigenvalue weighted by molar-refractivity contribution is -0.115. The third kappa shape index (κ3) is 4.20. The second-order valence-electron chi connectivity index (χ2n) is 6.07. The number of sulfone groups is 1. The maximum Gasteiger partial charge on any atom is 0.231 e. The second-order valence-corrected chi connectivity index (χ2v) is 9.28. The molecule has 1 N–H and O–H groups in total. The Morgan fingerprint density at radius 2 is 1.89 bits per heavy atom. The molecule has 2 aromatic carbocycles.